The first-order valence-corrected chi connectivity index (χ1v) is 8.16. The van der Waals surface area contributed by atoms with Crippen LogP contribution in [0.1, 0.15) is 39.8 Å². The highest BCUT2D eigenvalue weighted by molar-refractivity contribution is 7.89. The summed E-state index contributed by atoms with van der Waals surface area (Å²) in [6.07, 6.45) is 2.48. The fraction of sp³-hybridized carbons (Fsp3) is 0.692. The molecule has 1 rings (SSSR count). The van der Waals surface area contributed by atoms with Gasteiger partial charge in [0.05, 0.1) is 11.5 Å². The second-order valence-corrected chi connectivity index (χ2v) is 6.62. The van der Waals surface area contributed by atoms with Crippen molar-refractivity contribution in [2.24, 2.45) is 5.92 Å². The fourth-order valence-electron chi connectivity index (χ4n) is 1.88. The highest BCUT2D eigenvalue weighted by Crippen LogP contribution is 2.17. The molecule has 0 amide bonds. The van der Waals surface area contributed by atoms with Gasteiger partial charge in [0.15, 0.2) is 0 Å². The molecule has 2 N–H and O–H groups in total. The van der Waals surface area contributed by atoms with E-state index in [0.29, 0.717) is 12.2 Å². The number of aromatic nitrogens is 1. The van der Waals surface area contributed by atoms with E-state index in [2.05, 4.69) is 4.72 Å². The monoisotopic (exact) mass is 288 g/mol. The molecule has 1 heterocycles. The SMILES string of the molecule is CCC(C)C(C)NS(=O)(=O)c1cc(CO)n(CC)c1. The summed E-state index contributed by atoms with van der Waals surface area (Å²) in [5.74, 6) is 0.278. The molecule has 0 aliphatic carbocycles. The molecule has 1 aromatic rings. The van der Waals surface area contributed by atoms with Crippen LogP contribution < -0.4 is 4.72 Å². The van der Waals surface area contributed by atoms with Crippen molar-refractivity contribution in [2.75, 3.05) is 0 Å². The van der Waals surface area contributed by atoms with Crippen LogP contribution in [0, 0.1) is 5.92 Å². The lowest BCUT2D eigenvalue weighted by molar-refractivity contribution is 0.271. The summed E-state index contributed by atoms with van der Waals surface area (Å²) in [5.41, 5.74) is 0.610. The average Bonchev–Trinajstić information content (AvgIpc) is 2.81. The molecule has 110 valence electrons. The van der Waals surface area contributed by atoms with Gasteiger partial charge < -0.3 is 9.67 Å². The molecule has 0 aliphatic rings. The number of sulfonamides is 1. The van der Waals surface area contributed by atoms with Gasteiger partial charge in [-0.2, -0.15) is 0 Å². The molecule has 0 fully saturated rings. The van der Waals surface area contributed by atoms with Crippen molar-refractivity contribution < 1.29 is 13.5 Å². The van der Waals surface area contributed by atoms with Gasteiger partial charge in [0.25, 0.3) is 0 Å². The van der Waals surface area contributed by atoms with E-state index in [1.165, 1.54) is 6.07 Å². The van der Waals surface area contributed by atoms with Gasteiger partial charge in [0, 0.05) is 24.5 Å². The topological polar surface area (TPSA) is 71.3 Å². The Morgan fingerprint density at radius 3 is 2.42 bits per heavy atom. The Morgan fingerprint density at radius 2 is 2.00 bits per heavy atom. The largest absolute Gasteiger partial charge is 0.390 e. The van der Waals surface area contributed by atoms with Crippen LogP contribution in [0.15, 0.2) is 17.2 Å². The van der Waals surface area contributed by atoms with E-state index in [1.54, 1.807) is 10.8 Å². The van der Waals surface area contributed by atoms with E-state index in [1.807, 2.05) is 27.7 Å². The van der Waals surface area contributed by atoms with Gasteiger partial charge in [-0.3, -0.25) is 0 Å². The molecular formula is C13H24N2O3S. The third kappa shape index (κ3) is 3.81. The zero-order valence-corrected chi connectivity index (χ0v) is 12.9. The Bertz CT molecular complexity index is 486. The summed E-state index contributed by atoms with van der Waals surface area (Å²) in [7, 11) is -3.52. The molecule has 0 bridgehead atoms. The number of hydrogen-bond acceptors (Lipinski definition) is 3. The molecule has 0 spiro atoms. The minimum atomic E-state index is -3.52. The maximum Gasteiger partial charge on any atom is 0.242 e. The Balaban J connectivity index is 2.97. The van der Waals surface area contributed by atoms with Gasteiger partial charge in [-0.05, 0) is 25.8 Å². The van der Waals surface area contributed by atoms with Crippen molar-refractivity contribution in [3.05, 3.63) is 18.0 Å². The minimum Gasteiger partial charge on any atom is -0.390 e. The highest BCUT2D eigenvalue weighted by atomic mass is 32.2. The Hall–Kier alpha value is -0.850. The van der Waals surface area contributed by atoms with Crippen LogP contribution in [-0.2, 0) is 23.2 Å². The fourth-order valence-corrected chi connectivity index (χ4v) is 3.30. The molecule has 1 aromatic heterocycles. The summed E-state index contributed by atoms with van der Waals surface area (Å²) in [6.45, 7) is 8.30. The number of hydrogen-bond donors (Lipinski definition) is 2. The average molecular weight is 288 g/mol. The summed E-state index contributed by atoms with van der Waals surface area (Å²) in [5, 5.41) is 9.20. The van der Waals surface area contributed by atoms with Crippen LogP contribution in [0.2, 0.25) is 0 Å². The molecule has 0 aliphatic heterocycles. The van der Waals surface area contributed by atoms with Gasteiger partial charge in [-0.1, -0.05) is 20.3 Å². The summed E-state index contributed by atoms with van der Waals surface area (Å²) in [4.78, 5) is 0.216. The Morgan fingerprint density at radius 1 is 1.37 bits per heavy atom. The first-order valence-electron chi connectivity index (χ1n) is 6.67. The van der Waals surface area contributed by atoms with Gasteiger partial charge in [-0.15, -0.1) is 0 Å². The van der Waals surface area contributed by atoms with Crippen molar-refractivity contribution in [3.63, 3.8) is 0 Å². The summed E-state index contributed by atoms with van der Waals surface area (Å²) in [6, 6.07) is 1.41. The van der Waals surface area contributed by atoms with Gasteiger partial charge in [0.2, 0.25) is 10.0 Å². The van der Waals surface area contributed by atoms with Crippen LogP contribution in [0.5, 0.6) is 0 Å². The van der Waals surface area contributed by atoms with Gasteiger partial charge in [-0.25, -0.2) is 13.1 Å². The molecule has 0 saturated carbocycles. The number of nitrogens with one attached hydrogen (secondary N) is 1. The maximum atomic E-state index is 12.3. The van der Waals surface area contributed by atoms with E-state index < -0.39 is 10.0 Å². The van der Waals surface area contributed by atoms with Crippen molar-refractivity contribution in [1.82, 2.24) is 9.29 Å². The van der Waals surface area contributed by atoms with Crippen LogP contribution in [-0.4, -0.2) is 24.1 Å². The quantitative estimate of drug-likeness (QED) is 0.802. The molecular weight excluding hydrogens is 264 g/mol. The van der Waals surface area contributed by atoms with Crippen molar-refractivity contribution in [3.8, 4) is 0 Å². The van der Waals surface area contributed by atoms with Crippen LogP contribution in [0.25, 0.3) is 0 Å². The molecule has 2 unspecified atom stereocenters. The second-order valence-electron chi connectivity index (χ2n) is 4.91. The van der Waals surface area contributed by atoms with Gasteiger partial charge in [0.1, 0.15) is 0 Å². The predicted molar refractivity (Wildman–Crippen MR) is 75.3 cm³/mol. The standard InChI is InChI=1S/C13H24N2O3S/c1-5-10(3)11(4)14-19(17,18)13-7-12(9-16)15(6-2)8-13/h7-8,10-11,14,16H,5-6,9H2,1-4H3. The predicted octanol–water partition coefficient (Wildman–Crippen LogP) is 1.71. The molecule has 0 radical (unpaired) electrons. The van der Waals surface area contributed by atoms with Crippen LogP contribution >= 0.6 is 0 Å². The van der Waals surface area contributed by atoms with Crippen LogP contribution in [0.4, 0.5) is 0 Å². The number of nitrogens with zero attached hydrogens (tertiary/aromatic N) is 1. The number of aliphatic hydroxyl groups is 1. The lowest BCUT2D eigenvalue weighted by Crippen LogP contribution is -2.36. The molecule has 5 nitrogen and oxygen atoms in total. The first-order chi connectivity index (χ1) is 8.85. The molecule has 19 heavy (non-hydrogen) atoms. The van der Waals surface area contributed by atoms with Crippen molar-refractivity contribution >= 4 is 10.0 Å². The normalized spacial score (nSPS) is 15.4. The smallest absolute Gasteiger partial charge is 0.242 e. The summed E-state index contributed by atoms with van der Waals surface area (Å²) < 4.78 is 28.9. The molecule has 0 aromatic carbocycles. The van der Waals surface area contributed by atoms with Gasteiger partial charge >= 0.3 is 0 Å². The van der Waals surface area contributed by atoms with E-state index in [-0.39, 0.29) is 23.5 Å². The minimum absolute atomic E-state index is 0.113. The molecule has 2 atom stereocenters. The zero-order chi connectivity index (χ0) is 14.6. The van der Waals surface area contributed by atoms with E-state index in [9.17, 15) is 13.5 Å². The molecule has 6 heteroatoms. The number of aliphatic hydroxyl groups excluding tert-OH is 1. The summed E-state index contributed by atoms with van der Waals surface area (Å²) >= 11 is 0. The Kier molecular flexibility index (Phi) is 5.58. The van der Waals surface area contributed by atoms with Crippen molar-refractivity contribution in [1.29, 1.82) is 0 Å². The highest BCUT2D eigenvalue weighted by Gasteiger charge is 2.22. The first kappa shape index (κ1) is 16.2. The Labute approximate surface area is 115 Å². The van der Waals surface area contributed by atoms with Crippen LogP contribution in [0.3, 0.4) is 0 Å². The third-order valence-corrected chi connectivity index (χ3v) is 5.14. The number of aryl methyl sites for hydroxylation is 1. The third-order valence-electron chi connectivity index (χ3n) is 3.61. The number of rotatable bonds is 7. The van der Waals surface area contributed by atoms with E-state index in [4.69, 9.17) is 0 Å². The van der Waals surface area contributed by atoms with Crippen molar-refractivity contribution in [2.45, 2.75) is 58.2 Å². The lowest BCUT2D eigenvalue weighted by Gasteiger charge is -2.19. The second kappa shape index (κ2) is 6.54. The maximum absolute atomic E-state index is 12.3. The lowest BCUT2D eigenvalue weighted by atomic mass is 10.0. The van der Waals surface area contributed by atoms with E-state index in [0.717, 1.165) is 6.42 Å². The zero-order valence-electron chi connectivity index (χ0n) is 12.0. The van der Waals surface area contributed by atoms with E-state index >= 15 is 0 Å². The molecule has 0 saturated heterocycles.